The largest absolute Gasteiger partial charge is 0.497 e. The van der Waals surface area contributed by atoms with Crippen molar-refractivity contribution in [3.8, 4) is 17.2 Å². The smallest absolute Gasteiger partial charge is 0.181 e. The standard InChI is InChI=1S/C24H34O2Si/c1-9-12-24(13-14-27(17(2)3,18(4)5)19(6)7)16-20-15-21(26-8)10-11-22(20)23(24)25/h9-11,15,17-19H,1,12,16H2,2-8H3/t24-/m1/s1. The van der Waals surface area contributed by atoms with Crippen LogP contribution in [-0.2, 0) is 6.42 Å². The van der Waals surface area contributed by atoms with Crippen molar-refractivity contribution in [2.24, 2.45) is 5.41 Å². The number of benzene rings is 1. The van der Waals surface area contributed by atoms with Gasteiger partial charge in [0.15, 0.2) is 5.78 Å². The van der Waals surface area contributed by atoms with E-state index in [1.54, 1.807) is 7.11 Å². The molecule has 2 rings (SSSR count). The first-order valence-electron chi connectivity index (χ1n) is 10.0. The third-order valence-electron chi connectivity index (χ3n) is 6.36. The molecule has 0 spiro atoms. The molecule has 0 aromatic heterocycles. The SMILES string of the molecule is C=CC[C@@]1(C#C[Si](C(C)C)(C(C)C)C(C)C)Cc2cc(OC)ccc2C1=O. The molecule has 0 aliphatic heterocycles. The molecular weight excluding hydrogens is 348 g/mol. The van der Waals surface area contributed by atoms with Crippen molar-refractivity contribution >= 4 is 13.9 Å². The molecule has 0 unspecified atom stereocenters. The third-order valence-corrected chi connectivity index (χ3v) is 12.7. The minimum absolute atomic E-state index is 0.145. The van der Waals surface area contributed by atoms with Crippen molar-refractivity contribution in [2.75, 3.05) is 7.11 Å². The van der Waals surface area contributed by atoms with Gasteiger partial charge in [-0.15, -0.1) is 12.1 Å². The molecular formula is C24H34O2Si. The molecule has 1 aliphatic rings. The van der Waals surface area contributed by atoms with Gasteiger partial charge in [0.05, 0.1) is 7.11 Å². The summed E-state index contributed by atoms with van der Waals surface area (Å²) in [5.41, 5.74) is 6.58. The summed E-state index contributed by atoms with van der Waals surface area (Å²) in [5, 5.41) is 0. The fraction of sp³-hybridized carbons (Fsp3) is 0.542. The van der Waals surface area contributed by atoms with E-state index in [-0.39, 0.29) is 5.78 Å². The number of rotatable bonds is 6. The summed E-state index contributed by atoms with van der Waals surface area (Å²) in [6.45, 7) is 17.7. The minimum atomic E-state index is -1.89. The monoisotopic (exact) mass is 382 g/mol. The highest BCUT2D eigenvalue weighted by Crippen LogP contribution is 2.44. The Bertz CT molecular complexity index is 758. The van der Waals surface area contributed by atoms with E-state index in [0.717, 1.165) is 16.9 Å². The molecule has 0 amide bonds. The van der Waals surface area contributed by atoms with Crippen LogP contribution in [0.1, 0.15) is 63.9 Å². The summed E-state index contributed by atoms with van der Waals surface area (Å²) in [6.07, 6.45) is 3.09. The number of hydrogen-bond donors (Lipinski definition) is 0. The Balaban J connectivity index is 2.58. The van der Waals surface area contributed by atoms with Crippen molar-refractivity contribution < 1.29 is 9.53 Å². The van der Waals surface area contributed by atoms with E-state index in [1.807, 2.05) is 24.3 Å². The number of ketones is 1. The Kier molecular flexibility index (Phi) is 6.42. The van der Waals surface area contributed by atoms with Gasteiger partial charge in [-0.05, 0) is 53.2 Å². The zero-order valence-corrected chi connectivity index (χ0v) is 19.0. The molecule has 0 bridgehead atoms. The van der Waals surface area contributed by atoms with E-state index >= 15 is 0 Å². The number of Topliss-reactive ketones (excluding diaryl/α,β-unsaturated/α-hetero) is 1. The summed E-state index contributed by atoms with van der Waals surface area (Å²) in [7, 11) is -0.238. The van der Waals surface area contributed by atoms with E-state index in [0.29, 0.717) is 29.5 Å². The maximum atomic E-state index is 13.4. The number of methoxy groups -OCH3 is 1. The fourth-order valence-electron chi connectivity index (χ4n) is 4.95. The van der Waals surface area contributed by atoms with Gasteiger partial charge in [-0.25, -0.2) is 0 Å². The first-order valence-corrected chi connectivity index (χ1v) is 12.2. The molecule has 1 aromatic carbocycles. The number of ether oxygens (including phenoxy) is 1. The molecule has 0 saturated carbocycles. The van der Waals surface area contributed by atoms with Crippen molar-refractivity contribution in [1.82, 2.24) is 0 Å². The predicted octanol–water partition coefficient (Wildman–Crippen LogP) is 6.22. The number of fused-ring (bicyclic) bond motifs is 1. The zero-order valence-electron chi connectivity index (χ0n) is 18.0. The lowest BCUT2D eigenvalue weighted by Gasteiger charge is -2.38. The molecule has 0 fully saturated rings. The molecule has 1 aromatic rings. The summed E-state index contributed by atoms with van der Waals surface area (Å²) < 4.78 is 5.35. The van der Waals surface area contributed by atoms with Gasteiger partial charge in [0.1, 0.15) is 19.2 Å². The molecule has 0 radical (unpaired) electrons. The second-order valence-corrected chi connectivity index (χ2v) is 14.3. The maximum Gasteiger partial charge on any atom is 0.181 e. The van der Waals surface area contributed by atoms with E-state index in [2.05, 4.69) is 59.6 Å². The molecule has 146 valence electrons. The molecule has 0 heterocycles. The lowest BCUT2D eigenvalue weighted by atomic mass is 9.81. The van der Waals surface area contributed by atoms with Crippen LogP contribution in [0.4, 0.5) is 0 Å². The number of carbonyl (C=O) groups is 1. The Morgan fingerprint density at radius 3 is 2.26 bits per heavy atom. The van der Waals surface area contributed by atoms with Crippen LogP contribution in [0.15, 0.2) is 30.9 Å². The van der Waals surface area contributed by atoms with Crippen LogP contribution in [-0.4, -0.2) is 21.0 Å². The average Bonchev–Trinajstić information content (AvgIpc) is 2.86. The van der Waals surface area contributed by atoms with Gasteiger partial charge in [-0.1, -0.05) is 53.5 Å². The summed E-state index contributed by atoms with van der Waals surface area (Å²) in [5.74, 6) is 4.50. The normalized spacial score (nSPS) is 19.3. The predicted molar refractivity (Wildman–Crippen MR) is 117 cm³/mol. The fourth-order valence-corrected chi connectivity index (χ4v) is 10.3. The molecule has 27 heavy (non-hydrogen) atoms. The van der Waals surface area contributed by atoms with E-state index < -0.39 is 13.5 Å². The Hall–Kier alpha value is -1.79. The van der Waals surface area contributed by atoms with Crippen molar-refractivity contribution in [3.63, 3.8) is 0 Å². The van der Waals surface area contributed by atoms with Gasteiger partial charge in [0.25, 0.3) is 0 Å². The van der Waals surface area contributed by atoms with Crippen LogP contribution >= 0.6 is 0 Å². The number of hydrogen-bond acceptors (Lipinski definition) is 2. The van der Waals surface area contributed by atoms with Gasteiger partial charge < -0.3 is 4.74 Å². The molecule has 0 N–H and O–H groups in total. The first-order chi connectivity index (χ1) is 12.6. The van der Waals surface area contributed by atoms with Crippen molar-refractivity contribution in [3.05, 3.63) is 42.0 Å². The van der Waals surface area contributed by atoms with Gasteiger partial charge in [0.2, 0.25) is 0 Å². The lowest BCUT2D eigenvalue weighted by molar-refractivity contribution is 0.0886. The van der Waals surface area contributed by atoms with Crippen molar-refractivity contribution in [2.45, 2.75) is 71.0 Å². The average molecular weight is 383 g/mol. The highest BCUT2D eigenvalue weighted by molar-refractivity contribution is 6.90. The van der Waals surface area contributed by atoms with Crippen LogP contribution < -0.4 is 4.74 Å². The van der Waals surface area contributed by atoms with Crippen LogP contribution in [0.3, 0.4) is 0 Å². The number of allylic oxidation sites excluding steroid dienone is 1. The van der Waals surface area contributed by atoms with Crippen LogP contribution in [0.25, 0.3) is 0 Å². The molecule has 0 saturated heterocycles. The zero-order chi connectivity index (χ0) is 20.4. The van der Waals surface area contributed by atoms with E-state index in [4.69, 9.17) is 4.74 Å². The van der Waals surface area contributed by atoms with Crippen LogP contribution in [0.5, 0.6) is 5.75 Å². The minimum Gasteiger partial charge on any atom is -0.497 e. The van der Waals surface area contributed by atoms with Crippen LogP contribution in [0, 0.1) is 16.9 Å². The lowest BCUT2D eigenvalue weighted by Crippen LogP contribution is -2.44. The molecule has 3 heteroatoms. The van der Waals surface area contributed by atoms with Gasteiger partial charge >= 0.3 is 0 Å². The van der Waals surface area contributed by atoms with E-state index in [9.17, 15) is 4.79 Å². The quantitative estimate of drug-likeness (QED) is 0.332. The first kappa shape index (κ1) is 21.5. The summed E-state index contributed by atoms with van der Waals surface area (Å²) >= 11 is 0. The van der Waals surface area contributed by atoms with Crippen molar-refractivity contribution in [1.29, 1.82) is 0 Å². The number of carbonyl (C=O) groups excluding carboxylic acids is 1. The second kappa shape index (κ2) is 8.06. The summed E-state index contributed by atoms with van der Waals surface area (Å²) in [6, 6.07) is 5.74. The van der Waals surface area contributed by atoms with E-state index in [1.165, 1.54) is 0 Å². The molecule has 1 aliphatic carbocycles. The van der Waals surface area contributed by atoms with Gasteiger partial charge in [0, 0.05) is 5.56 Å². The Labute approximate surface area is 166 Å². The molecule has 2 nitrogen and oxygen atoms in total. The van der Waals surface area contributed by atoms with Crippen LogP contribution in [0.2, 0.25) is 16.6 Å². The topological polar surface area (TPSA) is 26.3 Å². The highest BCUT2D eigenvalue weighted by Gasteiger charge is 2.46. The Morgan fingerprint density at radius 1 is 1.19 bits per heavy atom. The Morgan fingerprint density at radius 2 is 1.78 bits per heavy atom. The second-order valence-electron chi connectivity index (χ2n) is 8.75. The summed E-state index contributed by atoms with van der Waals surface area (Å²) in [4.78, 5) is 13.4. The molecule has 1 atom stereocenters. The van der Waals surface area contributed by atoms with Gasteiger partial charge in [-0.3, -0.25) is 4.79 Å². The maximum absolute atomic E-state index is 13.4. The highest BCUT2D eigenvalue weighted by atomic mass is 28.3. The third kappa shape index (κ3) is 3.65. The van der Waals surface area contributed by atoms with Gasteiger partial charge in [-0.2, -0.15) is 0 Å².